The van der Waals surface area contributed by atoms with Gasteiger partial charge in [-0.2, -0.15) is 0 Å². The number of benzene rings is 1. The lowest BCUT2D eigenvalue weighted by molar-refractivity contribution is 0.256. The van der Waals surface area contributed by atoms with Gasteiger partial charge in [0.15, 0.2) is 0 Å². The average Bonchev–Trinajstić information content (AvgIpc) is 2.31. The second-order valence-electron chi connectivity index (χ2n) is 3.93. The molecule has 1 aliphatic heterocycles. The molecule has 1 aromatic rings. The van der Waals surface area contributed by atoms with Crippen molar-refractivity contribution in [1.82, 2.24) is 4.90 Å². The van der Waals surface area contributed by atoms with E-state index in [2.05, 4.69) is 34.3 Å². The topological polar surface area (TPSA) is 35.8 Å². The lowest BCUT2D eigenvalue weighted by Crippen LogP contribution is -2.33. The van der Waals surface area contributed by atoms with E-state index in [-0.39, 0.29) is 12.4 Å². The number of hydrogen-bond acceptors (Lipinski definition) is 3. The molecule has 4 heteroatoms. The Hall–Kier alpha value is -1.06. The third kappa shape index (κ3) is 3.51. The second-order valence-corrected chi connectivity index (χ2v) is 3.93. The van der Waals surface area contributed by atoms with Crippen molar-refractivity contribution in [2.24, 2.45) is 5.16 Å². The highest BCUT2D eigenvalue weighted by Crippen LogP contribution is 2.11. The Balaban J connectivity index is 0.00000128. The first-order valence-corrected chi connectivity index (χ1v) is 5.34. The molecular formula is C12H17ClN2O. The van der Waals surface area contributed by atoms with E-state index in [0.29, 0.717) is 0 Å². The van der Waals surface area contributed by atoms with Crippen LogP contribution in [0.3, 0.4) is 0 Å². The van der Waals surface area contributed by atoms with Crippen LogP contribution in [0.1, 0.15) is 18.4 Å². The Bertz CT molecular complexity index is 330. The van der Waals surface area contributed by atoms with Crippen LogP contribution in [-0.2, 0) is 6.54 Å². The molecular weight excluding hydrogens is 224 g/mol. The molecule has 3 nitrogen and oxygen atoms in total. The van der Waals surface area contributed by atoms with Crippen molar-refractivity contribution in [2.45, 2.75) is 19.4 Å². The lowest BCUT2D eigenvalue weighted by atomic mass is 10.1. The molecule has 0 aliphatic carbocycles. The average molecular weight is 241 g/mol. The van der Waals surface area contributed by atoms with Gasteiger partial charge in [0.05, 0.1) is 5.71 Å². The molecule has 0 bridgehead atoms. The van der Waals surface area contributed by atoms with Gasteiger partial charge in [-0.25, -0.2) is 0 Å². The molecule has 2 rings (SSSR count). The van der Waals surface area contributed by atoms with Crippen LogP contribution < -0.4 is 0 Å². The third-order valence-electron chi connectivity index (χ3n) is 2.82. The van der Waals surface area contributed by atoms with Gasteiger partial charge in [0.25, 0.3) is 0 Å². The highest BCUT2D eigenvalue weighted by molar-refractivity contribution is 5.85. The van der Waals surface area contributed by atoms with E-state index >= 15 is 0 Å². The third-order valence-corrected chi connectivity index (χ3v) is 2.82. The number of nitrogens with zero attached hydrogens (tertiary/aromatic N) is 2. The number of rotatable bonds is 2. The van der Waals surface area contributed by atoms with Gasteiger partial charge in [0.2, 0.25) is 0 Å². The number of oxime groups is 1. The van der Waals surface area contributed by atoms with E-state index in [9.17, 15) is 0 Å². The van der Waals surface area contributed by atoms with Gasteiger partial charge in [-0.3, -0.25) is 4.90 Å². The Morgan fingerprint density at radius 2 is 1.75 bits per heavy atom. The summed E-state index contributed by atoms with van der Waals surface area (Å²) in [7, 11) is 0. The molecule has 0 amide bonds. The zero-order chi connectivity index (χ0) is 10.5. The van der Waals surface area contributed by atoms with Crippen LogP contribution in [0.25, 0.3) is 0 Å². The van der Waals surface area contributed by atoms with Crippen LogP contribution in [0.5, 0.6) is 0 Å². The molecule has 1 heterocycles. The molecule has 1 aliphatic rings. The summed E-state index contributed by atoms with van der Waals surface area (Å²) < 4.78 is 0. The van der Waals surface area contributed by atoms with E-state index in [1.165, 1.54) is 5.56 Å². The zero-order valence-corrected chi connectivity index (χ0v) is 9.99. The fourth-order valence-electron chi connectivity index (χ4n) is 1.91. The number of halogens is 1. The molecule has 0 spiro atoms. The van der Waals surface area contributed by atoms with E-state index in [1.54, 1.807) is 0 Å². The Labute approximate surface area is 102 Å². The Morgan fingerprint density at radius 1 is 1.12 bits per heavy atom. The first-order chi connectivity index (χ1) is 7.38. The molecule has 88 valence electrons. The number of piperidine rings is 1. The normalized spacial score (nSPS) is 16.6. The molecule has 0 radical (unpaired) electrons. The van der Waals surface area contributed by atoms with E-state index in [1.807, 2.05) is 6.07 Å². The van der Waals surface area contributed by atoms with E-state index < -0.39 is 0 Å². The quantitative estimate of drug-likeness (QED) is 0.637. The summed E-state index contributed by atoms with van der Waals surface area (Å²) >= 11 is 0. The minimum absolute atomic E-state index is 0. The monoisotopic (exact) mass is 240 g/mol. The van der Waals surface area contributed by atoms with E-state index in [0.717, 1.165) is 38.2 Å². The Kier molecular flexibility index (Phi) is 5.29. The standard InChI is InChI=1S/C12H16N2O.ClH/c15-13-12-6-8-14(9-7-12)10-11-4-2-1-3-5-11;/h1-5,15H,6-10H2;1H. The highest BCUT2D eigenvalue weighted by atomic mass is 35.5. The molecule has 0 atom stereocenters. The van der Waals surface area contributed by atoms with E-state index in [4.69, 9.17) is 5.21 Å². The van der Waals surface area contributed by atoms with Crippen LogP contribution in [0.2, 0.25) is 0 Å². The molecule has 1 saturated heterocycles. The molecule has 1 fully saturated rings. The first kappa shape index (κ1) is 13.0. The van der Waals surface area contributed by atoms with Gasteiger partial charge < -0.3 is 5.21 Å². The summed E-state index contributed by atoms with van der Waals surface area (Å²) in [5.41, 5.74) is 2.28. The minimum atomic E-state index is 0. The van der Waals surface area contributed by atoms with Gasteiger partial charge >= 0.3 is 0 Å². The fourth-order valence-corrected chi connectivity index (χ4v) is 1.91. The summed E-state index contributed by atoms with van der Waals surface area (Å²) in [4.78, 5) is 2.39. The Morgan fingerprint density at radius 3 is 2.31 bits per heavy atom. The number of likely N-dealkylation sites (tertiary alicyclic amines) is 1. The highest BCUT2D eigenvalue weighted by Gasteiger charge is 2.14. The molecule has 1 N–H and O–H groups in total. The predicted octanol–water partition coefficient (Wildman–Crippen LogP) is 2.53. The van der Waals surface area contributed by atoms with Crippen molar-refractivity contribution in [3.8, 4) is 0 Å². The van der Waals surface area contributed by atoms with Crippen LogP contribution in [-0.4, -0.2) is 28.9 Å². The second kappa shape index (κ2) is 6.51. The maximum atomic E-state index is 8.64. The maximum absolute atomic E-state index is 8.64. The van der Waals surface area contributed by atoms with Gasteiger partial charge in [0.1, 0.15) is 0 Å². The summed E-state index contributed by atoms with van der Waals surface area (Å²) in [6.07, 6.45) is 1.78. The van der Waals surface area contributed by atoms with Crippen molar-refractivity contribution in [3.05, 3.63) is 35.9 Å². The lowest BCUT2D eigenvalue weighted by Gasteiger charge is -2.26. The smallest absolute Gasteiger partial charge is 0.0596 e. The van der Waals surface area contributed by atoms with Crippen molar-refractivity contribution in [3.63, 3.8) is 0 Å². The van der Waals surface area contributed by atoms with Crippen LogP contribution in [0, 0.1) is 0 Å². The first-order valence-electron chi connectivity index (χ1n) is 5.34. The minimum Gasteiger partial charge on any atom is -0.411 e. The van der Waals surface area contributed by atoms with Crippen LogP contribution >= 0.6 is 12.4 Å². The van der Waals surface area contributed by atoms with Gasteiger partial charge in [-0.05, 0) is 5.56 Å². The molecule has 1 aromatic carbocycles. The summed E-state index contributed by atoms with van der Waals surface area (Å²) in [6, 6.07) is 10.5. The van der Waals surface area contributed by atoms with Gasteiger partial charge in [-0.1, -0.05) is 35.5 Å². The van der Waals surface area contributed by atoms with Crippen LogP contribution in [0.4, 0.5) is 0 Å². The zero-order valence-electron chi connectivity index (χ0n) is 9.17. The SMILES string of the molecule is Cl.ON=C1CCN(Cc2ccccc2)CC1. The van der Waals surface area contributed by atoms with Crippen LogP contribution in [0.15, 0.2) is 35.5 Å². The van der Waals surface area contributed by atoms with Crippen molar-refractivity contribution >= 4 is 18.1 Å². The number of hydrogen-bond donors (Lipinski definition) is 1. The largest absolute Gasteiger partial charge is 0.411 e. The summed E-state index contributed by atoms with van der Waals surface area (Å²) in [5.74, 6) is 0. The fraction of sp³-hybridized carbons (Fsp3) is 0.417. The van der Waals surface area contributed by atoms with Crippen molar-refractivity contribution < 1.29 is 5.21 Å². The summed E-state index contributed by atoms with van der Waals surface area (Å²) in [6.45, 7) is 2.99. The molecule has 0 aromatic heterocycles. The van der Waals surface area contributed by atoms with Crippen molar-refractivity contribution in [1.29, 1.82) is 0 Å². The van der Waals surface area contributed by atoms with Crippen molar-refractivity contribution in [2.75, 3.05) is 13.1 Å². The predicted molar refractivity (Wildman–Crippen MR) is 67.4 cm³/mol. The molecule has 0 saturated carbocycles. The molecule has 16 heavy (non-hydrogen) atoms. The van der Waals surface area contributed by atoms with Gasteiger partial charge in [0, 0.05) is 32.5 Å². The molecule has 0 unspecified atom stereocenters. The van der Waals surface area contributed by atoms with Gasteiger partial charge in [-0.15, -0.1) is 12.4 Å². The maximum Gasteiger partial charge on any atom is 0.0596 e. The summed E-state index contributed by atoms with van der Waals surface area (Å²) in [5, 5.41) is 11.9.